The minimum absolute atomic E-state index is 0.0795. The quantitative estimate of drug-likeness (QED) is 0.357. The zero-order chi connectivity index (χ0) is 20.8. The van der Waals surface area contributed by atoms with Gasteiger partial charge in [0.1, 0.15) is 12.4 Å². The Morgan fingerprint density at radius 2 is 1.97 bits per heavy atom. The fraction of sp³-hybridized carbons (Fsp3) is 0.417. The lowest BCUT2D eigenvalue weighted by molar-refractivity contribution is -0.116. The first-order chi connectivity index (χ1) is 14.7. The smallest absolute Gasteiger partial charge is 0.224 e. The number of guanidine groups is 1. The van der Waals surface area contributed by atoms with Gasteiger partial charge < -0.3 is 20.7 Å². The third-order valence-corrected chi connectivity index (χ3v) is 5.76. The molecule has 6 nitrogen and oxygen atoms in total. The van der Waals surface area contributed by atoms with Crippen molar-refractivity contribution in [3.05, 3.63) is 59.7 Å². The van der Waals surface area contributed by atoms with E-state index in [1.54, 1.807) is 0 Å². The topological polar surface area (TPSA) is 74.8 Å². The molecule has 30 heavy (non-hydrogen) atoms. The molecule has 0 unspecified atom stereocenters. The van der Waals surface area contributed by atoms with Gasteiger partial charge in [-0.2, -0.15) is 0 Å². The Morgan fingerprint density at radius 3 is 2.73 bits per heavy atom. The van der Waals surface area contributed by atoms with E-state index in [0.717, 1.165) is 42.5 Å². The van der Waals surface area contributed by atoms with Crippen LogP contribution in [0.2, 0.25) is 0 Å². The second-order valence-corrected chi connectivity index (χ2v) is 7.98. The number of carbonyl (C=O) groups is 1. The molecular weight excluding hydrogens is 376 g/mol. The first-order valence-corrected chi connectivity index (χ1v) is 10.8. The maximum atomic E-state index is 11.5. The number of carbonyl (C=O) groups excluding carboxylic acids is 1. The highest BCUT2D eigenvalue weighted by Gasteiger charge is 2.43. The molecule has 2 aromatic rings. The van der Waals surface area contributed by atoms with E-state index in [2.05, 4.69) is 53.2 Å². The van der Waals surface area contributed by atoms with Crippen LogP contribution in [0.1, 0.15) is 37.3 Å². The molecule has 1 amide bonds. The molecule has 2 aliphatic rings. The number of aliphatic imine (C=N–C) groups is 1. The second kappa shape index (κ2) is 9.20. The number of ether oxygens (including phenoxy) is 1. The van der Waals surface area contributed by atoms with Crippen molar-refractivity contribution in [2.45, 2.75) is 38.0 Å². The van der Waals surface area contributed by atoms with E-state index >= 15 is 0 Å². The van der Waals surface area contributed by atoms with E-state index in [1.165, 1.54) is 18.4 Å². The highest BCUT2D eigenvalue weighted by atomic mass is 16.5. The van der Waals surface area contributed by atoms with Crippen LogP contribution in [0, 0.1) is 0 Å². The van der Waals surface area contributed by atoms with Crippen LogP contribution in [0.15, 0.2) is 53.5 Å². The summed E-state index contributed by atoms with van der Waals surface area (Å²) in [5.41, 5.74) is 3.62. The van der Waals surface area contributed by atoms with Crippen LogP contribution >= 0.6 is 0 Å². The van der Waals surface area contributed by atoms with Gasteiger partial charge in [-0.1, -0.05) is 30.3 Å². The Balaban J connectivity index is 1.27. The molecule has 1 aliphatic heterocycles. The molecule has 1 aliphatic carbocycles. The van der Waals surface area contributed by atoms with Crippen molar-refractivity contribution < 1.29 is 9.53 Å². The molecule has 6 heteroatoms. The average molecular weight is 407 g/mol. The fourth-order valence-electron chi connectivity index (χ4n) is 3.84. The van der Waals surface area contributed by atoms with Crippen LogP contribution < -0.4 is 20.7 Å². The summed E-state index contributed by atoms with van der Waals surface area (Å²) in [6.07, 6.45) is 3.69. The Hall–Kier alpha value is -3.02. The number of nitrogens with one attached hydrogen (secondary N) is 3. The zero-order valence-corrected chi connectivity index (χ0v) is 17.5. The van der Waals surface area contributed by atoms with E-state index in [0.29, 0.717) is 19.6 Å². The second-order valence-electron chi connectivity index (χ2n) is 7.98. The molecule has 3 N–H and O–H groups in total. The number of hydrogen-bond donors (Lipinski definition) is 3. The highest BCUT2D eigenvalue weighted by Crippen LogP contribution is 2.48. The van der Waals surface area contributed by atoms with Crippen LogP contribution in [0.4, 0.5) is 5.69 Å². The van der Waals surface area contributed by atoms with E-state index in [4.69, 9.17) is 9.73 Å². The van der Waals surface area contributed by atoms with Gasteiger partial charge in [0.2, 0.25) is 5.91 Å². The lowest BCUT2D eigenvalue weighted by Gasteiger charge is -2.18. The third kappa shape index (κ3) is 4.93. The van der Waals surface area contributed by atoms with Gasteiger partial charge in [0.05, 0.1) is 13.1 Å². The van der Waals surface area contributed by atoms with Gasteiger partial charge in [0.15, 0.2) is 5.96 Å². The first-order valence-electron chi connectivity index (χ1n) is 10.8. The molecule has 1 fully saturated rings. The summed E-state index contributed by atoms with van der Waals surface area (Å²) < 4.78 is 5.90. The SMILES string of the molecule is CCNC(=NCC1(c2ccccc2)CC1)NCCOc1ccc2c(c1)CCC(=O)N2. The van der Waals surface area contributed by atoms with E-state index in [9.17, 15) is 4.79 Å². The largest absolute Gasteiger partial charge is 0.492 e. The predicted octanol–water partition coefficient (Wildman–Crippen LogP) is 3.24. The van der Waals surface area contributed by atoms with Gasteiger partial charge in [-0.15, -0.1) is 0 Å². The molecule has 0 atom stereocenters. The van der Waals surface area contributed by atoms with Gasteiger partial charge in [-0.25, -0.2) is 0 Å². The van der Waals surface area contributed by atoms with Crippen molar-refractivity contribution in [1.82, 2.24) is 10.6 Å². The van der Waals surface area contributed by atoms with Gasteiger partial charge in [0.25, 0.3) is 0 Å². The van der Waals surface area contributed by atoms with Crippen molar-refractivity contribution in [3.8, 4) is 5.75 Å². The summed E-state index contributed by atoms with van der Waals surface area (Å²) in [4.78, 5) is 16.3. The highest BCUT2D eigenvalue weighted by molar-refractivity contribution is 5.94. The maximum Gasteiger partial charge on any atom is 0.224 e. The van der Waals surface area contributed by atoms with Gasteiger partial charge in [0, 0.05) is 24.1 Å². The molecule has 1 heterocycles. The van der Waals surface area contributed by atoms with Gasteiger partial charge >= 0.3 is 0 Å². The maximum absolute atomic E-state index is 11.5. The van der Waals surface area contributed by atoms with E-state index in [-0.39, 0.29) is 11.3 Å². The Bertz CT molecular complexity index is 907. The standard InChI is InChI=1S/C24H30N4O2/c1-2-25-23(27-17-24(12-13-24)19-6-4-3-5-7-19)26-14-15-30-20-9-10-21-18(16-20)8-11-22(29)28-21/h3-7,9-10,16H,2,8,11-15,17H2,1H3,(H,28,29)(H2,25,26,27). The molecule has 0 saturated heterocycles. The van der Waals surface area contributed by atoms with Crippen LogP contribution in [-0.4, -0.2) is 38.1 Å². The predicted molar refractivity (Wildman–Crippen MR) is 120 cm³/mol. The Kier molecular flexibility index (Phi) is 6.21. The zero-order valence-electron chi connectivity index (χ0n) is 17.5. The summed E-state index contributed by atoms with van der Waals surface area (Å²) in [5.74, 6) is 1.74. The Labute approximate surface area is 178 Å². The number of fused-ring (bicyclic) bond motifs is 1. The molecule has 4 rings (SSSR count). The molecule has 0 spiro atoms. The number of anilines is 1. The summed E-state index contributed by atoms with van der Waals surface area (Å²) >= 11 is 0. The molecule has 0 aromatic heterocycles. The minimum Gasteiger partial charge on any atom is -0.492 e. The number of benzene rings is 2. The van der Waals surface area contributed by atoms with Crippen LogP contribution in [-0.2, 0) is 16.6 Å². The Morgan fingerprint density at radius 1 is 1.13 bits per heavy atom. The van der Waals surface area contributed by atoms with Crippen molar-refractivity contribution in [3.63, 3.8) is 0 Å². The lowest BCUT2D eigenvalue weighted by atomic mass is 9.96. The molecule has 2 aromatic carbocycles. The van der Waals surface area contributed by atoms with Crippen molar-refractivity contribution >= 4 is 17.6 Å². The third-order valence-electron chi connectivity index (χ3n) is 5.76. The van der Waals surface area contributed by atoms with E-state index in [1.807, 2.05) is 18.2 Å². The van der Waals surface area contributed by atoms with Crippen molar-refractivity contribution in [2.24, 2.45) is 4.99 Å². The van der Waals surface area contributed by atoms with E-state index < -0.39 is 0 Å². The molecular formula is C24H30N4O2. The number of amides is 1. The monoisotopic (exact) mass is 406 g/mol. The van der Waals surface area contributed by atoms with Crippen molar-refractivity contribution in [1.29, 1.82) is 0 Å². The summed E-state index contributed by atoms with van der Waals surface area (Å²) in [7, 11) is 0. The normalized spacial score (nSPS) is 17.0. The fourth-order valence-corrected chi connectivity index (χ4v) is 3.84. The summed E-state index contributed by atoms with van der Waals surface area (Å²) in [6, 6.07) is 16.5. The van der Waals surface area contributed by atoms with Crippen LogP contribution in [0.5, 0.6) is 5.75 Å². The first kappa shape index (κ1) is 20.3. The minimum atomic E-state index is 0.0795. The average Bonchev–Trinajstić information content (AvgIpc) is 3.57. The lowest BCUT2D eigenvalue weighted by Crippen LogP contribution is -2.39. The number of aryl methyl sites for hydroxylation is 1. The summed E-state index contributed by atoms with van der Waals surface area (Å²) in [6.45, 7) is 4.90. The number of rotatable bonds is 8. The number of nitrogens with zero attached hydrogens (tertiary/aromatic N) is 1. The summed E-state index contributed by atoms with van der Waals surface area (Å²) in [5, 5.41) is 9.58. The molecule has 0 radical (unpaired) electrons. The van der Waals surface area contributed by atoms with Gasteiger partial charge in [-0.05, 0) is 55.5 Å². The van der Waals surface area contributed by atoms with Crippen LogP contribution in [0.3, 0.4) is 0 Å². The van der Waals surface area contributed by atoms with Crippen molar-refractivity contribution in [2.75, 3.05) is 31.6 Å². The number of hydrogen-bond acceptors (Lipinski definition) is 3. The molecule has 158 valence electrons. The van der Waals surface area contributed by atoms with Crippen LogP contribution in [0.25, 0.3) is 0 Å². The molecule has 1 saturated carbocycles. The molecule has 0 bridgehead atoms. The van der Waals surface area contributed by atoms with Gasteiger partial charge in [-0.3, -0.25) is 9.79 Å².